The van der Waals surface area contributed by atoms with Crippen LogP contribution in [-0.4, -0.2) is 57.6 Å². The highest BCUT2D eigenvalue weighted by atomic mass is 16.6. The highest BCUT2D eigenvalue weighted by molar-refractivity contribution is 5.75. The zero-order valence-electron chi connectivity index (χ0n) is 30.2. The van der Waals surface area contributed by atoms with Crippen LogP contribution in [0, 0.1) is 0 Å². The summed E-state index contributed by atoms with van der Waals surface area (Å²) in [6.45, 7) is 9.77. The first-order valence-corrected chi connectivity index (χ1v) is 19.5. The summed E-state index contributed by atoms with van der Waals surface area (Å²) in [4.78, 5) is 23.8. The fraction of sp³-hybridized carbons (Fsp3) is 0.947. The average Bonchev–Trinajstić information content (AvgIpc) is 3.03. The van der Waals surface area contributed by atoms with E-state index in [4.69, 9.17) is 14.2 Å². The van der Waals surface area contributed by atoms with Gasteiger partial charge in [-0.15, -0.1) is 0 Å². The second-order valence-corrected chi connectivity index (χ2v) is 12.9. The number of carbonyl (C=O) groups excluding carboxylic acids is 2. The number of rotatable bonds is 36. The maximum absolute atomic E-state index is 12.2. The SMILES string of the molecule is CCCCCCCCCCCCCCO[C@H](COCCCCCCCCCCCC)COC(=O)NCCCCCC(=O)NCC. The van der Waals surface area contributed by atoms with E-state index in [-0.39, 0.29) is 18.6 Å². The van der Waals surface area contributed by atoms with Crippen molar-refractivity contribution in [2.24, 2.45) is 0 Å². The highest BCUT2D eigenvalue weighted by Crippen LogP contribution is 2.13. The molecule has 0 radical (unpaired) electrons. The molecule has 0 spiro atoms. The van der Waals surface area contributed by atoms with Crippen molar-refractivity contribution >= 4 is 12.0 Å². The van der Waals surface area contributed by atoms with Crippen molar-refractivity contribution in [1.82, 2.24) is 10.6 Å². The van der Waals surface area contributed by atoms with Gasteiger partial charge in [0.25, 0.3) is 0 Å². The molecule has 0 aliphatic heterocycles. The van der Waals surface area contributed by atoms with Gasteiger partial charge in [-0.05, 0) is 32.6 Å². The molecule has 0 fully saturated rings. The van der Waals surface area contributed by atoms with Gasteiger partial charge in [-0.3, -0.25) is 4.79 Å². The van der Waals surface area contributed by atoms with Crippen LogP contribution in [0.2, 0.25) is 0 Å². The van der Waals surface area contributed by atoms with Gasteiger partial charge in [0.2, 0.25) is 5.91 Å². The molecule has 0 rings (SSSR count). The van der Waals surface area contributed by atoms with E-state index in [0.29, 0.717) is 32.7 Å². The van der Waals surface area contributed by atoms with Crippen molar-refractivity contribution in [2.45, 2.75) is 194 Å². The zero-order chi connectivity index (χ0) is 32.9. The lowest BCUT2D eigenvalue weighted by molar-refractivity contribution is -0.121. The molecule has 1 atom stereocenters. The molecular formula is C38H76N2O5. The molecule has 0 aliphatic carbocycles. The highest BCUT2D eigenvalue weighted by Gasteiger charge is 2.13. The molecule has 0 aromatic carbocycles. The van der Waals surface area contributed by atoms with Gasteiger partial charge in [0, 0.05) is 32.7 Å². The van der Waals surface area contributed by atoms with Gasteiger partial charge >= 0.3 is 6.09 Å². The predicted molar refractivity (Wildman–Crippen MR) is 190 cm³/mol. The number of alkyl carbamates (subject to hydrolysis) is 1. The Hall–Kier alpha value is -1.34. The Morgan fingerprint density at radius 1 is 0.511 bits per heavy atom. The summed E-state index contributed by atoms with van der Waals surface area (Å²) in [6.07, 6.45) is 31.4. The Balaban J connectivity index is 4.09. The maximum atomic E-state index is 12.2. The van der Waals surface area contributed by atoms with E-state index in [9.17, 15) is 9.59 Å². The second kappa shape index (κ2) is 37.1. The third-order valence-electron chi connectivity index (χ3n) is 8.42. The van der Waals surface area contributed by atoms with Crippen molar-refractivity contribution in [3.8, 4) is 0 Å². The summed E-state index contributed by atoms with van der Waals surface area (Å²) in [6, 6.07) is 0. The van der Waals surface area contributed by atoms with Crippen LogP contribution in [0.25, 0.3) is 0 Å². The smallest absolute Gasteiger partial charge is 0.407 e. The Morgan fingerprint density at radius 2 is 0.978 bits per heavy atom. The van der Waals surface area contributed by atoms with Crippen molar-refractivity contribution in [3.63, 3.8) is 0 Å². The molecule has 0 aliphatic rings. The first-order valence-electron chi connectivity index (χ1n) is 19.5. The van der Waals surface area contributed by atoms with E-state index >= 15 is 0 Å². The summed E-state index contributed by atoms with van der Waals surface area (Å²) < 4.78 is 17.6. The topological polar surface area (TPSA) is 85.9 Å². The van der Waals surface area contributed by atoms with Gasteiger partial charge in [-0.1, -0.05) is 149 Å². The number of carbonyl (C=O) groups is 2. The Bertz CT molecular complexity index is 619. The van der Waals surface area contributed by atoms with Crippen LogP contribution in [0.3, 0.4) is 0 Å². The standard InChI is InChI=1S/C38H76N2O5/c1-4-7-9-11-13-15-17-18-20-22-24-29-33-44-36(34-43-32-28-23-21-19-16-14-12-10-8-5-2)35-45-38(42)40-31-27-25-26-30-37(41)39-6-3/h36H,4-35H2,1-3H3,(H,39,41)(H,40,42)/t36-/m1/s1. The van der Waals surface area contributed by atoms with Crippen LogP contribution >= 0.6 is 0 Å². The second-order valence-electron chi connectivity index (χ2n) is 12.9. The fourth-order valence-corrected chi connectivity index (χ4v) is 5.53. The van der Waals surface area contributed by atoms with E-state index in [1.54, 1.807) is 0 Å². The lowest BCUT2D eigenvalue weighted by Crippen LogP contribution is -2.32. The molecule has 0 heterocycles. The molecular weight excluding hydrogens is 564 g/mol. The fourth-order valence-electron chi connectivity index (χ4n) is 5.53. The van der Waals surface area contributed by atoms with Gasteiger partial charge in [-0.25, -0.2) is 4.79 Å². The molecule has 45 heavy (non-hydrogen) atoms. The van der Waals surface area contributed by atoms with Gasteiger partial charge in [0.15, 0.2) is 0 Å². The third-order valence-corrected chi connectivity index (χ3v) is 8.42. The predicted octanol–water partition coefficient (Wildman–Crippen LogP) is 10.4. The van der Waals surface area contributed by atoms with Crippen molar-refractivity contribution < 1.29 is 23.8 Å². The molecule has 0 unspecified atom stereocenters. The molecule has 0 saturated carbocycles. The summed E-state index contributed by atoms with van der Waals surface area (Å²) in [5, 5.41) is 5.64. The molecule has 0 bridgehead atoms. The molecule has 0 saturated heterocycles. The molecule has 7 heteroatoms. The quantitative estimate of drug-likeness (QED) is 0.0666. The van der Waals surface area contributed by atoms with Crippen molar-refractivity contribution in [3.05, 3.63) is 0 Å². The average molecular weight is 641 g/mol. The van der Waals surface area contributed by atoms with Crippen LogP contribution in [0.1, 0.15) is 188 Å². The summed E-state index contributed by atoms with van der Waals surface area (Å²) in [7, 11) is 0. The summed E-state index contributed by atoms with van der Waals surface area (Å²) >= 11 is 0. The Morgan fingerprint density at radius 3 is 1.49 bits per heavy atom. The normalized spacial score (nSPS) is 11.9. The molecule has 0 aromatic heterocycles. The first kappa shape index (κ1) is 43.7. The lowest BCUT2D eigenvalue weighted by Gasteiger charge is -2.18. The minimum absolute atomic E-state index is 0.0924. The van der Waals surface area contributed by atoms with E-state index in [0.717, 1.165) is 38.7 Å². The minimum atomic E-state index is -0.410. The number of nitrogens with one attached hydrogen (secondary N) is 2. The van der Waals surface area contributed by atoms with Gasteiger partial charge in [0.05, 0.1) is 6.61 Å². The van der Waals surface area contributed by atoms with Crippen LogP contribution < -0.4 is 10.6 Å². The number of ether oxygens (including phenoxy) is 3. The van der Waals surface area contributed by atoms with Gasteiger partial charge in [-0.2, -0.15) is 0 Å². The van der Waals surface area contributed by atoms with Gasteiger partial charge in [0.1, 0.15) is 12.7 Å². The summed E-state index contributed by atoms with van der Waals surface area (Å²) in [5.41, 5.74) is 0. The maximum Gasteiger partial charge on any atom is 0.407 e. The minimum Gasteiger partial charge on any atom is -0.447 e. The first-order chi connectivity index (χ1) is 22.1. The number of hydrogen-bond acceptors (Lipinski definition) is 5. The van der Waals surface area contributed by atoms with Crippen molar-refractivity contribution in [1.29, 1.82) is 0 Å². The van der Waals surface area contributed by atoms with Gasteiger partial charge < -0.3 is 24.8 Å². The molecule has 2 N–H and O–H groups in total. The summed E-state index contributed by atoms with van der Waals surface area (Å²) in [5.74, 6) is 0.0924. The third kappa shape index (κ3) is 35.4. The molecule has 2 amide bonds. The van der Waals surface area contributed by atoms with E-state index in [2.05, 4.69) is 24.5 Å². The van der Waals surface area contributed by atoms with Crippen molar-refractivity contribution in [2.75, 3.05) is 39.5 Å². The monoisotopic (exact) mass is 641 g/mol. The van der Waals surface area contributed by atoms with E-state index in [1.807, 2.05) is 6.92 Å². The Kier molecular flexibility index (Phi) is 36.0. The van der Waals surface area contributed by atoms with E-state index in [1.165, 1.54) is 128 Å². The lowest BCUT2D eigenvalue weighted by atomic mass is 10.1. The Labute approximate surface area is 279 Å². The van der Waals surface area contributed by atoms with Crippen LogP contribution in [0.5, 0.6) is 0 Å². The zero-order valence-corrected chi connectivity index (χ0v) is 30.2. The van der Waals surface area contributed by atoms with Crippen LogP contribution in [0.15, 0.2) is 0 Å². The number of unbranched alkanes of at least 4 members (excludes halogenated alkanes) is 22. The number of amides is 2. The largest absolute Gasteiger partial charge is 0.447 e. The van der Waals surface area contributed by atoms with E-state index < -0.39 is 6.09 Å². The van der Waals surface area contributed by atoms with Crippen LogP contribution in [0.4, 0.5) is 4.79 Å². The van der Waals surface area contributed by atoms with Crippen LogP contribution in [-0.2, 0) is 19.0 Å². The molecule has 268 valence electrons. The molecule has 7 nitrogen and oxygen atoms in total. The molecule has 0 aromatic rings. The number of hydrogen-bond donors (Lipinski definition) is 2.